The van der Waals surface area contributed by atoms with Crippen LogP contribution in [0.1, 0.15) is 39.0 Å². The quantitative estimate of drug-likeness (QED) is 0.691. The van der Waals surface area contributed by atoms with Gasteiger partial charge in [-0.1, -0.05) is 6.92 Å². The molecular weight excluding hydrogens is 430 g/mol. The van der Waals surface area contributed by atoms with Crippen molar-refractivity contribution in [1.29, 1.82) is 0 Å². The van der Waals surface area contributed by atoms with E-state index in [9.17, 15) is 9.59 Å². The molecule has 0 radical (unpaired) electrons. The SMILES string of the molecule is CCc1nc(N2CCN3CCN(C(=O)OC(C)(C)C)CC3C2)ccc1-c1cc(C)c(=O)n(C)c1. The third-order valence-corrected chi connectivity index (χ3v) is 6.64. The zero-order valence-electron chi connectivity index (χ0n) is 21.3. The van der Waals surface area contributed by atoms with Crippen LogP contribution in [0.5, 0.6) is 0 Å². The monoisotopic (exact) mass is 467 g/mol. The fourth-order valence-electron chi connectivity index (χ4n) is 4.88. The minimum absolute atomic E-state index is 0.0251. The number of carbonyl (C=O) groups is 1. The summed E-state index contributed by atoms with van der Waals surface area (Å²) >= 11 is 0. The van der Waals surface area contributed by atoms with Gasteiger partial charge in [-0.3, -0.25) is 9.69 Å². The molecule has 2 aliphatic heterocycles. The lowest BCUT2D eigenvalue weighted by molar-refractivity contribution is 0.00214. The van der Waals surface area contributed by atoms with Crippen LogP contribution in [0.3, 0.4) is 0 Å². The highest BCUT2D eigenvalue weighted by molar-refractivity contribution is 5.69. The maximum Gasteiger partial charge on any atom is 0.410 e. The number of amides is 1. The largest absolute Gasteiger partial charge is 0.444 e. The molecular formula is C26H37N5O3. The predicted molar refractivity (Wildman–Crippen MR) is 134 cm³/mol. The molecule has 2 aromatic rings. The standard InChI is InChI=1S/C26H37N5O3/c1-7-22-21(19-14-18(2)24(32)28(6)15-19)8-9-23(27-22)30-12-10-29-11-13-31(17-20(29)16-30)25(33)34-26(3,4)5/h8-9,14-15,20H,7,10-13,16-17H2,1-6H3. The molecule has 8 heteroatoms. The Morgan fingerprint density at radius 3 is 2.56 bits per heavy atom. The number of fused-ring (bicyclic) bond motifs is 1. The summed E-state index contributed by atoms with van der Waals surface area (Å²) in [7, 11) is 1.79. The zero-order valence-corrected chi connectivity index (χ0v) is 21.3. The topological polar surface area (TPSA) is 70.9 Å². The van der Waals surface area contributed by atoms with Crippen LogP contribution in [-0.2, 0) is 18.2 Å². The Balaban J connectivity index is 1.52. The molecule has 2 saturated heterocycles. The highest BCUT2D eigenvalue weighted by Gasteiger charge is 2.35. The van der Waals surface area contributed by atoms with Crippen molar-refractivity contribution in [3.05, 3.63) is 46.0 Å². The molecule has 184 valence electrons. The van der Waals surface area contributed by atoms with E-state index in [-0.39, 0.29) is 17.7 Å². The van der Waals surface area contributed by atoms with Crippen molar-refractivity contribution in [2.24, 2.45) is 7.05 Å². The number of hydrogen-bond acceptors (Lipinski definition) is 6. The predicted octanol–water partition coefficient (Wildman–Crippen LogP) is 3.06. The number of nitrogens with zero attached hydrogens (tertiary/aromatic N) is 5. The molecule has 0 saturated carbocycles. The van der Waals surface area contributed by atoms with Crippen LogP contribution in [0.4, 0.5) is 10.6 Å². The van der Waals surface area contributed by atoms with Gasteiger partial charge in [-0.05, 0) is 52.3 Å². The van der Waals surface area contributed by atoms with Gasteiger partial charge in [-0.2, -0.15) is 0 Å². The number of aryl methyl sites for hydroxylation is 3. The lowest BCUT2D eigenvalue weighted by atomic mass is 10.0. The van der Waals surface area contributed by atoms with Crippen LogP contribution < -0.4 is 10.5 Å². The maximum atomic E-state index is 12.6. The fraction of sp³-hybridized carbons (Fsp3) is 0.577. The molecule has 0 aromatic carbocycles. The van der Waals surface area contributed by atoms with Gasteiger partial charge in [0.25, 0.3) is 5.56 Å². The Morgan fingerprint density at radius 2 is 1.88 bits per heavy atom. The summed E-state index contributed by atoms with van der Waals surface area (Å²) in [5, 5.41) is 0. The molecule has 0 aliphatic carbocycles. The van der Waals surface area contributed by atoms with Crippen molar-refractivity contribution >= 4 is 11.9 Å². The van der Waals surface area contributed by atoms with Gasteiger partial charge in [0.2, 0.25) is 0 Å². The second-order valence-corrected chi connectivity index (χ2v) is 10.4. The summed E-state index contributed by atoms with van der Waals surface area (Å²) in [5.74, 6) is 0.969. The van der Waals surface area contributed by atoms with Gasteiger partial charge < -0.3 is 19.1 Å². The van der Waals surface area contributed by atoms with Crippen LogP contribution in [0.2, 0.25) is 0 Å². The zero-order chi connectivity index (χ0) is 24.6. The van der Waals surface area contributed by atoms with Gasteiger partial charge in [-0.15, -0.1) is 0 Å². The van der Waals surface area contributed by atoms with Crippen LogP contribution in [0.15, 0.2) is 29.2 Å². The Labute approximate surface area is 202 Å². The minimum Gasteiger partial charge on any atom is -0.444 e. The molecule has 1 amide bonds. The number of hydrogen-bond donors (Lipinski definition) is 0. The Kier molecular flexibility index (Phi) is 6.71. The van der Waals surface area contributed by atoms with Gasteiger partial charge in [0.05, 0.1) is 5.69 Å². The van der Waals surface area contributed by atoms with Gasteiger partial charge >= 0.3 is 6.09 Å². The summed E-state index contributed by atoms with van der Waals surface area (Å²) in [5.41, 5.74) is 3.37. The molecule has 2 aliphatic rings. The first kappa shape index (κ1) is 24.3. The number of ether oxygens (including phenoxy) is 1. The third kappa shape index (κ3) is 5.12. The van der Waals surface area contributed by atoms with Crippen molar-refractivity contribution in [3.8, 4) is 11.1 Å². The third-order valence-electron chi connectivity index (χ3n) is 6.64. The van der Waals surface area contributed by atoms with E-state index in [0.717, 1.165) is 60.8 Å². The molecule has 2 aromatic heterocycles. The molecule has 0 bridgehead atoms. The smallest absolute Gasteiger partial charge is 0.410 e. The van der Waals surface area contributed by atoms with E-state index in [2.05, 4.69) is 28.9 Å². The first-order chi connectivity index (χ1) is 16.1. The second kappa shape index (κ2) is 9.41. The molecule has 1 atom stereocenters. The summed E-state index contributed by atoms with van der Waals surface area (Å²) in [6.45, 7) is 14.6. The van der Waals surface area contributed by atoms with Crippen molar-refractivity contribution in [1.82, 2.24) is 19.4 Å². The summed E-state index contributed by atoms with van der Waals surface area (Å²) < 4.78 is 7.23. The molecule has 2 fully saturated rings. The summed E-state index contributed by atoms with van der Waals surface area (Å²) in [6, 6.07) is 6.41. The molecule has 34 heavy (non-hydrogen) atoms. The molecule has 4 rings (SSSR count). The van der Waals surface area contributed by atoms with Crippen molar-refractivity contribution in [2.45, 2.75) is 52.7 Å². The molecule has 8 nitrogen and oxygen atoms in total. The lowest BCUT2D eigenvalue weighted by Crippen LogP contribution is -2.63. The number of anilines is 1. The van der Waals surface area contributed by atoms with Gasteiger partial charge in [-0.25, -0.2) is 9.78 Å². The molecule has 4 heterocycles. The molecule has 0 spiro atoms. The number of aromatic nitrogens is 2. The van der Waals surface area contributed by atoms with Crippen LogP contribution >= 0.6 is 0 Å². The number of pyridine rings is 2. The first-order valence-corrected chi connectivity index (χ1v) is 12.2. The summed E-state index contributed by atoms with van der Waals surface area (Å²) in [4.78, 5) is 36.4. The molecule has 0 N–H and O–H groups in total. The van der Waals surface area contributed by atoms with Crippen molar-refractivity contribution in [2.75, 3.05) is 44.2 Å². The minimum atomic E-state index is -0.487. The van der Waals surface area contributed by atoms with Crippen LogP contribution in [-0.4, -0.2) is 76.4 Å². The Hall–Kier alpha value is -2.87. The van der Waals surface area contributed by atoms with Crippen molar-refractivity contribution in [3.63, 3.8) is 0 Å². The van der Waals surface area contributed by atoms with E-state index in [1.807, 2.05) is 44.9 Å². The Bertz CT molecular complexity index is 1090. The van der Waals surface area contributed by atoms with E-state index in [0.29, 0.717) is 13.1 Å². The second-order valence-electron chi connectivity index (χ2n) is 10.4. The summed E-state index contributed by atoms with van der Waals surface area (Å²) in [6.07, 6.45) is 2.46. The van der Waals surface area contributed by atoms with Gasteiger partial charge in [0.15, 0.2) is 0 Å². The number of rotatable bonds is 3. The Morgan fingerprint density at radius 1 is 1.15 bits per heavy atom. The number of carbonyl (C=O) groups excluding carboxylic acids is 1. The first-order valence-electron chi connectivity index (χ1n) is 12.2. The van der Waals surface area contributed by atoms with E-state index in [1.54, 1.807) is 11.6 Å². The normalized spacial score (nSPS) is 19.2. The average Bonchev–Trinajstić information content (AvgIpc) is 2.80. The van der Waals surface area contributed by atoms with E-state index in [4.69, 9.17) is 9.72 Å². The highest BCUT2D eigenvalue weighted by Crippen LogP contribution is 2.28. The maximum absolute atomic E-state index is 12.6. The van der Waals surface area contributed by atoms with Gasteiger partial charge in [0.1, 0.15) is 11.4 Å². The van der Waals surface area contributed by atoms with E-state index >= 15 is 0 Å². The van der Waals surface area contributed by atoms with Crippen LogP contribution in [0, 0.1) is 6.92 Å². The van der Waals surface area contributed by atoms with Crippen LogP contribution in [0.25, 0.3) is 11.1 Å². The van der Waals surface area contributed by atoms with Gasteiger partial charge in [0, 0.05) is 75.2 Å². The fourth-order valence-corrected chi connectivity index (χ4v) is 4.88. The van der Waals surface area contributed by atoms with E-state index in [1.165, 1.54) is 0 Å². The average molecular weight is 468 g/mol. The number of piperazine rings is 2. The lowest BCUT2D eigenvalue weighted by Gasteiger charge is -2.47. The van der Waals surface area contributed by atoms with Crippen molar-refractivity contribution < 1.29 is 9.53 Å². The molecule has 1 unspecified atom stereocenters. The van der Waals surface area contributed by atoms with E-state index < -0.39 is 5.60 Å². The highest BCUT2D eigenvalue weighted by atomic mass is 16.6.